The number of amides is 2. The number of rotatable bonds is 3. The Morgan fingerprint density at radius 3 is 2.85 bits per heavy atom. The summed E-state index contributed by atoms with van der Waals surface area (Å²) in [5.74, 6) is 0.105. The van der Waals surface area contributed by atoms with Crippen LogP contribution >= 0.6 is 0 Å². The number of hydrogen-bond donors (Lipinski definition) is 2. The van der Waals surface area contributed by atoms with Gasteiger partial charge >= 0.3 is 0 Å². The second kappa shape index (κ2) is 7.29. The van der Waals surface area contributed by atoms with E-state index >= 15 is 0 Å². The third-order valence-electron chi connectivity index (χ3n) is 5.18. The predicted octanol–water partition coefficient (Wildman–Crippen LogP) is 1.11. The van der Waals surface area contributed by atoms with Crippen molar-refractivity contribution in [1.29, 1.82) is 0 Å². The maximum absolute atomic E-state index is 13.1. The number of likely N-dealkylation sites (tertiary alicyclic amines) is 1. The van der Waals surface area contributed by atoms with Crippen LogP contribution in [0.2, 0.25) is 0 Å². The number of benzene rings is 1. The maximum atomic E-state index is 13.1. The summed E-state index contributed by atoms with van der Waals surface area (Å²) in [6.07, 6.45) is 3.46. The van der Waals surface area contributed by atoms with Gasteiger partial charge in [0.1, 0.15) is 0 Å². The number of aromatic nitrogens is 2. The SMILES string of the molecule is O=C(c1cn[nH]c1-c1ccccc1)N1CCCC(N2CCNCC2=O)C1. The average molecular weight is 353 g/mol. The summed E-state index contributed by atoms with van der Waals surface area (Å²) < 4.78 is 0. The lowest BCUT2D eigenvalue weighted by Crippen LogP contribution is -2.57. The van der Waals surface area contributed by atoms with Crippen LogP contribution in [0.4, 0.5) is 0 Å². The maximum Gasteiger partial charge on any atom is 0.257 e. The third kappa shape index (κ3) is 3.22. The number of hydrogen-bond acceptors (Lipinski definition) is 4. The molecule has 1 atom stereocenters. The van der Waals surface area contributed by atoms with Crippen molar-refractivity contribution in [2.45, 2.75) is 18.9 Å². The molecule has 4 rings (SSSR count). The van der Waals surface area contributed by atoms with Gasteiger partial charge in [0.05, 0.1) is 24.0 Å². The van der Waals surface area contributed by atoms with Gasteiger partial charge in [0.15, 0.2) is 0 Å². The van der Waals surface area contributed by atoms with Gasteiger partial charge in [-0.3, -0.25) is 14.7 Å². The molecule has 2 aromatic rings. The molecule has 3 heterocycles. The molecule has 1 unspecified atom stereocenters. The molecule has 136 valence electrons. The highest BCUT2D eigenvalue weighted by atomic mass is 16.2. The number of piperidine rings is 1. The second-order valence-corrected chi connectivity index (χ2v) is 6.84. The standard InChI is InChI=1S/C19H23N5O2/c25-17-12-20-8-10-24(17)15-7-4-9-23(13-15)19(26)16-11-21-22-18(16)14-5-2-1-3-6-14/h1-3,5-6,11,15,20H,4,7-10,12-13H2,(H,21,22). The first-order valence-corrected chi connectivity index (χ1v) is 9.12. The fourth-order valence-electron chi connectivity index (χ4n) is 3.84. The molecule has 0 radical (unpaired) electrons. The highest BCUT2D eigenvalue weighted by Crippen LogP contribution is 2.24. The molecule has 7 heteroatoms. The van der Waals surface area contributed by atoms with Crippen LogP contribution < -0.4 is 5.32 Å². The van der Waals surface area contributed by atoms with E-state index < -0.39 is 0 Å². The van der Waals surface area contributed by atoms with Crippen LogP contribution in [0.25, 0.3) is 11.3 Å². The molecule has 2 aliphatic heterocycles. The molecule has 2 saturated heterocycles. The molecule has 2 amide bonds. The van der Waals surface area contributed by atoms with Crippen molar-refractivity contribution in [1.82, 2.24) is 25.3 Å². The summed E-state index contributed by atoms with van der Waals surface area (Å²) in [6.45, 7) is 3.23. The fourth-order valence-corrected chi connectivity index (χ4v) is 3.84. The minimum Gasteiger partial charge on any atom is -0.336 e. The third-order valence-corrected chi connectivity index (χ3v) is 5.18. The Bertz CT molecular complexity index is 788. The lowest BCUT2D eigenvalue weighted by Gasteiger charge is -2.41. The van der Waals surface area contributed by atoms with Gasteiger partial charge in [0, 0.05) is 37.8 Å². The van der Waals surface area contributed by atoms with Crippen molar-refractivity contribution in [2.75, 3.05) is 32.7 Å². The zero-order valence-corrected chi connectivity index (χ0v) is 14.6. The molecule has 0 aliphatic carbocycles. The Kier molecular flexibility index (Phi) is 4.71. The smallest absolute Gasteiger partial charge is 0.257 e. The first kappa shape index (κ1) is 16.8. The Morgan fingerprint density at radius 2 is 2.04 bits per heavy atom. The number of aromatic amines is 1. The van der Waals surface area contributed by atoms with Gasteiger partial charge in [-0.2, -0.15) is 5.10 Å². The van der Waals surface area contributed by atoms with Crippen molar-refractivity contribution in [3.05, 3.63) is 42.1 Å². The van der Waals surface area contributed by atoms with Gasteiger partial charge in [0.2, 0.25) is 5.91 Å². The minimum absolute atomic E-state index is 0.0233. The van der Waals surface area contributed by atoms with Gasteiger partial charge in [-0.15, -0.1) is 0 Å². The van der Waals surface area contributed by atoms with Crippen molar-refractivity contribution in [3.8, 4) is 11.3 Å². The van der Waals surface area contributed by atoms with E-state index in [0.717, 1.165) is 37.2 Å². The van der Waals surface area contributed by atoms with Crippen LogP contribution in [0.5, 0.6) is 0 Å². The van der Waals surface area contributed by atoms with E-state index in [1.165, 1.54) is 0 Å². The summed E-state index contributed by atoms with van der Waals surface area (Å²) in [6, 6.07) is 9.86. The first-order chi connectivity index (χ1) is 12.7. The van der Waals surface area contributed by atoms with E-state index in [0.29, 0.717) is 25.2 Å². The second-order valence-electron chi connectivity index (χ2n) is 6.84. The molecule has 2 N–H and O–H groups in total. The van der Waals surface area contributed by atoms with Crippen LogP contribution in [-0.2, 0) is 4.79 Å². The molecule has 1 aromatic carbocycles. The monoisotopic (exact) mass is 353 g/mol. The topological polar surface area (TPSA) is 81.3 Å². The van der Waals surface area contributed by atoms with Gasteiger partial charge in [-0.25, -0.2) is 0 Å². The molecule has 0 saturated carbocycles. The molecule has 1 aromatic heterocycles. The van der Waals surface area contributed by atoms with E-state index in [2.05, 4.69) is 15.5 Å². The van der Waals surface area contributed by atoms with Crippen LogP contribution in [-0.4, -0.2) is 70.6 Å². The molecule has 2 fully saturated rings. The summed E-state index contributed by atoms with van der Waals surface area (Å²) >= 11 is 0. The predicted molar refractivity (Wildman–Crippen MR) is 97.5 cm³/mol. The van der Waals surface area contributed by atoms with Gasteiger partial charge in [-0.05, 0) is 12.8 Å². The largest absolute Gasteiger partial charge is 0.336 e. The number of nitrogens with zero attached hydrogens (tertiary/aromatic N) is 3. The molecular weight excluding hydrogens is 330 g/mol. The fraction of sp³-hybridized carbons (Fsp3) is 0.421. The molecular formula is C19H23N5O2. The summed E-state index contributed by atoms with van der Waals surface area (Å²) in [5.41, 5.74) is 2.28. The molecule has 7 nitrogen and oxygen atoms in total. The van der Waals surface area contributed by atoms with Gasteiger partial charge < -0.3 is 15.1 Å². The summed E-state index contributed by atoms with van der Waals surface area (Å²) in [5, 5.41) is 10.1. The van der Waals surface area contributed by atoms with Crippen molar-refractivity contribution >= 4 is 11.8 Å². The Labute approximate surface area is 152 Å². The van der Waals surface area contributed by atoms with Crippen LogP contribution in [0.3, 0.4) is 0 Å². The normalized spacial score (nSPS) is 21.1. The Balaban J connectivity index is 1.52. The zero-order chi connectivity index (χ0) is 17.9. The van der Waals surface area contributed by atoms with Crippen molar-refractivity contribution in [3.63, 3.8) is 0 Å². The molecule has 0 spiro atoms. The van der Waals surface area contributed by atoms with E-state index in [9.17, 15) is 9.59 Å². The number of nitrogens with one attached hydrogen (secondary N) is 2. The number of H-pyrrole nitrogens is 1. The van der Waals surface area contributed by atoms with E-state index in [-0.39, 0.29) is 17.9 Å². The number of piperazine rings is 1. The summed E-state index contributed by atoms with van der Waals surface area (Å²) in [4.78, 5) is 29.1. The average Bonchev–Trinajstić information content (AvgIpc) is 3.18. The van der Waals surface area contributed by atoms with Gasteiger partial charge in [-0.1, -0.05) is 30.3 Å². The number of carbonyl (C=O) groups is 2. The highest BCUT2D eigenvalue weighted by molar-refractivity contribution is 5.99. The van der Waals surface area contributed by atoms with E-state index in [1.807, 2.05) is 40.1 Å². The zero-order valence-electron chi connectivity index (χ0n) is 14.6. The lowest BCUT2D eigenvalue weighted by molar-refractivity contribution is -0.135. The highest BCUT2D eigenvalue weighted by Gasteiger charge is 2.32. The Hall–Kier alpha value is -2.67. The Morgan fingerprint density at radius 1 is 1.19 bits per heavy atom. The summed E-state index contributed by atoms with van der Waals surface area (Å²) in [7, 11) is 0. The number of carbonyl (C=O) groups excluding carboxylic acids is 2. The van der Waals surface area contributed by atoms with Crippen LogP contribution in [0.15, 0.2) is 36.5 Å². The minimum atomic E-state index is -0.0233. The van der Waals surface area contributed by atoms with Crippen molar-refractivity contribution in [2.24, 2.45) is 0 Å². The lowest BCUT2D eigenvalue weighted by atomic mass is 10.0. The molecule has 26 heavy (non-hydrogen) atoms. The quantitative estimate of drug-likeness (QED) is 0.866. The van der Waals surface area contributed by atoms with Gasteiger partial charge in [0.25, 0.3) is 5.91 Å². The van der Waals surface area contributed by atoms with E-state index in [4.69, 9.17) is 0 Å². The first-order valence-electron chi connectivity index (χ1n) is 9.12. The van der Waals surface area contributed by atoms with Crippen molar-refractivity contribution < 1.29 is 9.59 Å². The molecule has 0 bridgehead atoms. The van der Waals surface area contributed by atoms with Crippen LogP contribution in [0.1, 0.15) is 23.2 Å². The van der Waals surface area contributed by atoms with Crippen LogP contribution in [0, 0.1) is 0 Å². The molecule has 2 aliphatic rings. The van der Waals surface area contributed by atoms with E-state index in [1.54, 1.807) is 6.20 Å².